The molecule has 35 heavy (non-hydrogen) atoms. The molecule has 1 heterocycles. The summed E-state index contributed by atoms with van der Waals surface area (Å²) < 4.78 is 17.0. The number of esters is 3. The fourth-order valence-electron chi connectivity index (χ4n) is 10.1. The summed E-state index contributed by atoms with van der Waals surface area (Å²) in [5, 5.41) is 0. The first-order valence-corrected chi connectivity index (χ1v) is 13.6. The standard InChI is InChI=1S/C29H42O6/c1-17(30)33-16-29-13-7-12-26(3,4)20(29)10-14-27(5)21-9-8-19-23(28(21,6)15-11-22(27)29)25(34-18(2)31)35-24(19)32/h8,20-23,25H,7,9-16H2,1-6H3. The Morgan fingerprint density at radius 1 is 0.943 bits per heavy atom. The fourth-order valence-corrected chi connectivity index (χ4v) is 10.1. The molecule has 0 radical (unpaired) electrons. The first kappa shape index (κ1) is 24.8. The van der Waals surface area contributed by atoms with Crippen LogP contribution in [0.15, 0.2) is 11.6 Å². The van der Waals surface area contributed by atoms with Crippen LogP contribution in [-0.2, 0) is 28.6 Å². The van der Waals surface area contributed by atoms with Crippen molar-refractivity contribution < 1.29 is 28.6 Å². The van der Waals surface area contributed by atoms with Gasteiger partial charge in [-0.1, -0.05) is 40.2 Å². The lowest BCUT2D eigenvalue weighted by atomic mass is 9.35. The van der Waals surface area contributed by atoms with E-state index in [9.17, 15) is 14.4 Å². The number of allylic oxidation sites excluding steroid dienone is 1. The lowest BCUT2D eigenvalue weighted by Gasteiger charge is -2.69. The number of carbonyl (C=O) groups is 3. The minimum atomic E-state index is -0.834. The highest BCUT2D eigenvalue weighted by molar-refractivity contribution is 5.92. The molecule has 5 rings (SSSR count). The van der Waals surface area contributed by atoms with Gasteiger partial charge in [0.25, 0.3) is 6.29 Å². The summed E-state index contributed by atoms with van der Waals surface area (Å²) >= 11 is 0. The van der Waals surface area contributed by atoms with Crippen LogP contribution < -0.4 is 0 Å². The molecule has 0 spiro atoms. The third-order valence-corrected chi connectivity index (χ3v) is 11.3. The summed E-state index contributed by atoms with van der Waals surface area (Å²) in [6.45, 7) is 13.0. The van der Waals surface area contributed by atoms with E-state index in [1.807, 2.05) is 0 Å². The minimum Gasteiger partial charge on any atom is -0.465 e. The van der Waals surface area contributed by atoms with Gasteiger partial charge >= 0.3 is 17.9 Å². The number of hydrogen-bond acceptors (Lipinski definition) is 6. The van der Waals surface area contributed by atoms with Gasteiger partial charge < -0.3 is 14.2 Å². The first-order valence-electron chi connectivity index (χ1n) is 13.6. The average Bonchev–Trinajstić information content (AvgIpc) is 3.07. The van der Waals surface area contributed by atoms with Crippen molar-refractivity contribution in [3.63, 3.8) is 0 Å². The Morgan fingerprint density at radius 3 is 2.31 bits per heavy atom. The van der Waals surface area contributed by atoms with Crippen molar-refractivity contribution in [2.24, 2.45) is 45.3 Å². The minimum absolute atomic E-state index is 0.0109. The Hall–Kier alpha value is -1.85. The summed E-state index contributed by atoms with van der Waals surface area (Å²) in [7, 11) is 0. The Labute approximate surface area is 209 Å². The van der Waals surface area contributed by atoms with Crippen LogP contribution in [0.2, 0.25) is 0 Å². The van der Waals surface area contributed by atoms with Crippen molar-refractivity contribution in [1.82, 2.24) is 0 Å². The lowest BCUT2D eigenvalue weighted by Crippen LogP contribution is -2.65. The predicted molar refractivity (Wildman–Crippen MR) is 130 cm³/mol. The monoisotopic (exact) mass is 486 g/mol. The molecule has 8 unspecified atom stereocenters. The molecular weight excluding hydrogens is 444 g/mol. The van der Waals surface area contributed by atoms with Crippen molar-refractivity contribution in [3.05, 3.63) is 11.6 Å². The van der Waals surface area contributed by atoms with E-state index in [2.05, 4.69) is 33.8 Å². The Bertz CT molecular complexity index is 966. The largest absolute Gasteiger partial charge is 0.465 e. The van der Waals surface area contributed by atoms with E-state index in [0.717, 1.165) is 38.5 Å². The highest BCUT2D eigenvalue weighted by Crippen LogP contribution is 2.73. The van der Waals surface area contributed by atoms with Crippen LogP contribution in [0.25, 0.3) is 0 Å². The summed E-state index contributed by atoms with van der Waals surface area (Å²) in [6.07, 6.45) is 9.84. The quantitative estimate of drug-likeness (QED) is 0.484. The van der Waals surface area contributed by atoms with Crippen LogP contribution in [0.4, 0.5) is 0 Å². The van der Waals surface area contributed by atoms with E-state index >= 15 is 0 Å². The molecule has 6 nitrogen and oxygen atoms in total. The van der Waals surface area contributed by atoms with Crippen LogP contribution in [0.3, 0.4) is 0 Å². The van der Waals surface area contributed by atoms with Gasteiger partial charge in [0.1, 0.15) is 0 Å². The Balaban J connectivity index is 1.56. The molecule has 1 saturated heterocycles. The average molecular weight is 487 g/mol. The third-order valence-electron chi connectivity index (χ3n) is 11.3. The van der Waals surface area contributed by atoms with Gasteiger partial charge in [-0.2, -0.15) is 0 Å². The van der Waals surface area contributed by atoms with E-state index in [1.54, 1.807) is 0 Å². The molecule has 0 bridgehead atoms. The lowest BCUT2D eigenvalue weighted by molar-refractivity contribution is -0.233. The second-order valence-electron chi connectivity index (χ2n) is 13.4. The number of hydrogen-bond donors (Lipinski definition) is 0. The van der Waals surface area contributed by atoms with Crippen LogP contribution in [-0.4, -0.2) is 30.8 Å². The van der Waals surface area contributed by atoms with E-state index in [4.69, 9.17) is 14.2 Å². The summed E-state index contributed by atoms with van der Waals surface area (Å²) in [4.78, 5) is 36.6. The molecule has 0 aromatic heterocycles. The Kier molecular flexibility index (Phi) is 5.73. The summed E-state index contributed by atoms with van der Waals surface area (Å²) in [6, 6.07) is 0. The zero-order valence-corrected chi connectivity index (χ0v) is 22.3. The molecular formula is C29H42O6. The van der Waals surface area contributed by atoms with Gasteiger partial charge in [-0.05, 0) is 78.9 Å². The topological polar surface area (TPSA) is 78.9 Å². The van der Waals surface area contributed by atoms with E-state index < -0.39 is 12.3 Å². The van der Waals surface area contributed by atoms with Crippen LogP contribution in [0.5, 0.6) is 0 Å². The SMILES string of the molecule is CC(=O)OCC12CCCC(C)(C)C1CCC1(C)C3CC=C4C(=O)OC(OC(C)=O)C4C3(C)CCC12. The molecule has 4 fully saturated rings. The van der Waals surface area contributed by atoms with E-state index in [0.29, 0.717) is 29.9 Å². The normalized spacial score (nSPS) is 45.6. The zero-order chi connectivity index (χ0) is 25.4. The van der Waals surface area contributed by atoms with Gasteiger partial charge in [-0.3, -0.25) is 9.59 Å². The van der Waals surface area contributed by atoms with E-state index in [-0.39, 0.29) is 39.5 Å². The van der Waals surface area contributed by atoms with Crippen molar-refractivity contribution in [1.29, 1.82) is 0 Å². The third kappa shape index (κ3) is 3.52. The van der Waals surface area contributed by atoms with E-state index in [1.165, 1.54) is 26.7 Å². The smallest absolute Gasteiger partial charge is 0.337 e. The molecule has 0 aromatic carbocycles. The predicted octanol–water partition coefficient (Wildman–Crippen LogP) is 5.59. The highest BCUT2D eigenvalue weighted by Gasteiger charge is 2.69. The molecule has 6 heteroatoms. The molecule has 3 saturated carbocycles. The maximum Gasteiger partial charge on any atom is 0.337 e. The molecule has 0 aromatic rings. The van der Waals surface area contributed by atoms with Crippen LogP contribution >= 0.6 is 0 Å². The van der Waals surface area contributed by atoms with Crippen molar-refractivity contribution in [3.8, 4) is 0 Å². The molecule has 8 atom stereocenters. The number of rotatable bonds is 3. The maximum atomic E-state index is 12.7. The molecule has 0 amide bonds. The van der Waals surface area contributed by atoms with Gasteiger partial charge in [0.05, 0.1) is 12.5 Å². The summed E-state index contributed by atoms with van der Waals surface area (Å²) in [5.74, 6) is 0.162. The molecule has 1 aliphatic heterocycles. The van der Waals surface area contributed by atoms with Crippen molar-refractivity contribution >= 4 is 17.9 Å². The number of carbonyl (C=O) groups excluding carboxylic acids is 3. The molecule has 0 N–H and O–H groups in total. The van der Waals surface area contributed by atoms with Gasteiger partial charge in [0.15, 0.2) is 0 Å². The highest BCUT2D eigenvalue weighted by atomic mass is 16.7. The number of fused-ring (bicyclic) bond motifs is 7. The molecule has 4 aliphatic carbocycles. The van der Waals surface area contributed by atoms with Crippen molar-refractivity contribution in [2.45, 2.75) is 99.2 Å². The van der Waals surface area contributed by atoms with Gasteiger partial charge in [0, 0.05) is 24.8 Å². The van der Waals surface area contributed by atoms with Crippen LogP contribution in [0, 0.1) is 45.3 Å². The molecule has 5 aliphatic rings. The van der Waals surface area contributed by atoms with Gasteiger partial charge in [-0.15, -0.1) is 0 Å². The Morgan fingerprint density at radius 2 is 1.63 bits per heavy atom. The molecule has 194 valence electrons. The second-order valence-corrected chi connectivity index (χ2v) is 13.4. The summed E-state index contributed by atoms with van der Waals surface area (Å²) in [5.41, 5.74) is 0.765. The first-order chi connectivity index (χ1) is 16.3. The maximum absolute atomic E-state index is 12.7. The van der Waals surface area contributed by atoms with Crippen molar-refractivity contribution in [2.75, 3.05) is 6.61 Å². The van der Waals surface area contributed by atoms with Gasteiger partial charge in [0.2, 0.25) is 0 Å². The van der Waals surface area contributed by atoms with Gasteiger partial charge in [-0.25, -0.2) is 4.79 Å². The second kappa shape index (κ2) is 8.08. The number of ether oxygens (including phenoxy) is 3. The van der Waals surface area contributed by atoms with Crippen LogP contribution in [0.1, 0.15) is 92.9 Å². The number of cyclic esters (lactones) is 1. The zero-order valence-electron chi connectivity index (χ0n) is 22.3. The fraction of sp³-hybridized carbons (Fsp3) is 0.828.